The summed E-state index contributed by atoms with van der Waals surface area (Å²) in [5, 5.41) is 2.36. The van der Waals surface area contributed by atoms with Crippen LogP contribution in [0.4, 0.5) is 0 Å². The molecule has 0 saturated carbocycles. The van der Waals surface area contributed by atoms with Crippen molar-refractivity contribution >= 4 is 22.8 Å². The number of fused-ring (bicyclic) bond motifs is 1. The van der Waals surface area contributed by atoms with E-state index in [9.17, 15) is 9.59 Å². The Morgan fingerprint density at radius 1 is 1.21 bits per heavy atom. The van der Waals surface area contributed by atoms with Gasteiger partial charge in [0.05, 0.1) is 16.7 Å². The molecule has 0 bridgehead atoms. The summed E-state index contributed by atoms with van der Waals surface area (Å²) < 4.78 is 0. The topological polar surface area (TPSA) is 72.0 Å². The van der Waals surface area contributed by atoms with Crippen molar-refractivity contribution in [2.45, 2.75) is 19.3 Å². The van der Waals surface area contributed by atoms with Crippen molar-refractivity contribution in [3.63, 3.8) is 0 Å². The van der Waals surface area contributed by atoms with Gasteiger partial charge < -0.3 is 0 Å². The highest BCUT2D eigenvalue weighted by molar-refractivity contribution is 5.98. The highest BCUT2D eigenvalue weighted by Crippen LogP contribution is 2.18. The zero-order chi connectivity index (χ0) is 13.2. The minimum Gasteiger partial charge on any atom is -0.296 e. The van der Waals surface area contributed by atoms with Crippen LogP contribution in [-0.2, 0) is 16.0 Å². The Hall–Kier alpha value is -2.30. The van der Waals surface area contributed by atoms with Crippen molar-refractivity contribution in [3.8, 4) is 0 Å². The second-order valence-corrected chi connectivity index (χ2v) is 4.70. The molecular weight excluding hydrogens is 242 g/mol. The Morgan fingerprint density at radius 3 is 2.79 bits per heavy atom. The molecule has 1 aromatic carbocycles. The normalized spacial score (nSPS) is 19.5. The molecule has 0 spiro atoms. The van der Waals surface area contributed by atoms with Crippen molar-refractivity contribution in [3.05, 3.63) is 36.2 Å². The van der Waals surface area contributed by atoms with Gasteiger partial charge >= 0.3 is 0 Å². The molecule has 1 aliphatic rings. The van der Waals surface area contributed by atoms with E-state index in [-0.39, 0.29) is 17.7 Å². The first-order valence-electron chi connectivity index (χ1n) is 6.27. The maximum atomic E-state index is 11.7. The molecule has 5 nitrogen and oxygen atoms in total. The second kappa shape index (κ2) is 4.76. The smallest absolute Gasteiger partial charge is 0.230 e. The molecule has 19 heavy (non-hydrogen) atoms. The maximum absolute atomic E-state index is 11.7. The Morgan fingerprint density at radius 2 is 2.00 bits per heavy atom. The van der Waals surface area contributed by atoms with Gasteiger partial charge in [-0.15, -0.1) is 0 Å². The molecule has 0 aliphatic carbocycles. The number of aromatic nitrogens is 2. The lowest BCUT2D eigenvalue weighted by molar-refractivity contribution is -0.136. The van der Waals surface area contributed by atoms with Crippen molar-refractivity contribution in [1.82, 2.24) is 15.3 Å². The number of hydrogen-bond acceptors (Lipinski definition) is 4. The van der Waals surface area contributed by atoms with Gasteiger partial charge in [0.1, 0.15) is 0 Å². The van der Waals surface area contributed by atoms with Crippen LogP contribution >= 0.6 is 0 Å². The molecule has 1 fully saturated rings. The fourth-order valence-corrected chi connectivity index (χ4v) is 2.28. The summed E-state index contributed by atoms with van der Waals surface area (Å²) in [6, 6.07) is 7.62. The average molecular weight is 255 g/mol. The van der Waals surface area contributed by atoms with Crippen molar-refractivity contribution in [1.29, 1.82) is 0 Å². The van der Waals surface area contributed by atoms with E-state index in [0.717, 1.165) is 16.7 Å². The summed E-state index contributed by atoms with van der Waals surface area (Å²) in [6.07, 6.45) is 3.21. The third kappa shape index (κ3) is 2.45. The molecule has 1 aromatic heterocycles. The number of carbonyl (C=O) groups is 2. The fourth-order valence-electron chi connectivity index (χ4n) is 2.28. The molecule has 1 aliphatic heterocycles. The number of nitrogens with zero attached hydrogens (tertiary/aromatic N) is 2. The Labute approximate surface area is 110 Å². The summed E-state index contributed by atoms with van der Waals surface area (Å²) in [5.41, 5.74) is 2.45. The molecule has 2 amide bonds. The summed E-state index contributed by atoms with van der Waals surface area (Å²) in [7, 11) is 0. The van der Waals surface area contributed by atoms with E-state index >= 15 is 0 Å². The highest BCUT2D eigenvalue weighted by Gasteiger charge is 2.27. The molecule has 5 heteroatoms. The Balaban J connectivity index is 1.81. The van der Waals surface area contributed by atoms with Gasteiger partial charge in [-0.05, 0) is 18.6 Å². The lowest BCUT2D eigenvalue weighted by Crippen LogP contribution is -2.41. The zero-order valence-electron chi connectivity index (χ0n) is 10.3. The first kappa shape index (κ1) is 11.8. The van der Waals surface area contributed by atoms with Gasteiger partial charge in [-0.2, -0.15) is 0 Å². The number of carbonyl (C=O) groups excluding carboxylic acids is 2. The molecule has 1 saturated heterocycles. The molecule has 2 aromatic rings. The Bertz CT molecular complexity index is 654. The van der Waals surface area contributed by atoms with Gasteiger partial charge in [0.25, 0.3) is 0 Å². The quantitative estimate of drug-likeness (QED) is 0.819. The molecule has 3 rings (SSSR count). The minimum absolute atomic E-state index is 0.187. The van der Waals surface area contributed by atoms with Gasteiger partial charge in [-0.3, -0.25) is 19.9 Å². The van der Waals surface area contributed by atoms with Crippen LogP contribution in [0.15, 0.2) is 30.5 Å². The van der Waals surface area contributed by atoms with Gasteiger partial charge in [-0.1, -0.05) is 12.1 Å². The maximum Gasteiger partial charge on any atom is 0.230 e. The van der Waals surface area contributed by atoms with E-state index < -0.39 is 0 Å². The lowest BCUT2D eigenvalue weighted by atomic mass is 9.93. The van der Waals surface area contributed by atoms with E-state index in [1.54, 1.807) is 6.20 Å². The number of benzene rings is 1. The third-order valence-corrected chi connectivity index (χ3v) is 3.31. The van der Waals surface area contributed by atoms with Gasteiger partial charge in [-0.25, -0.2) is 4.98 Å². The summed E-state index contributed by atoms with van der Waals surface area (Å²) in [5.74, 6) is -0.579. The van der Waals surface area contributed by atoms with Crippen LogP contribution < -0.4 is 5.32 Å². The first-order chi connectivity index (χ1) is 9.22. The average Bonchev–Trinajstić information content (AvgIpc) is 2.42. The first-order valence-corrected chi connectivity index (χ1v) is 6.27. The van der Waals surface area contributed by atoms with E-state index in [0.29, 0.717) is 19.3 Å². The van der Waals surface area contributed by atoms with Crippen LogP contribution in [0.1, 0.15) is 18.5 Å². The highest BCUT2D eigenvalue weighted by atomic mass is 16.2. The summed E-state index contributed by atoms with van der Waals surface area (Å²) in [4.78, 5) is 31.6. The number of hydrogen-bond donors (Lipinski definition) is 1. The number of nitrogens with one attached hydrogen (secondary N) is 1. The SMILES string of the molecule is O=C1CCC(Cc2cnc3ccccc3n2)C(=O)N1. The van der Waals surface area contributed by atoms with Crippen molar-refractivity contribution in [2.24, 2.45) is 5.92 Å². The van der Waals surface area contributed by atoms with Crippen LogP contribution in [0.25, 0.3) is 11.0 Å². The monoisotopic (exact) mass is 255 g/mol. The molecule has 1 unspecified atom stereocenters. The van der Waals surface area contributed by atoms with Crippen molar-refractivity contribution in [2.75, 3.05) is 0 Å². The molecule has 1 N–H and O–H groups in total. The number of amides is 2. The number of para-hydroxylation sites is 2. The van der Waals surface area contributed by atoms with E-state index in [1.807, 2.05) is 24.3 Å². The van der Waals surface area contributed by atoms with Crippen molar-refractivity contribution < 1.29 is 9.59 Å². The number of piperidine rings is 1. The van der Waals surface area contributed by atoms with E-state index in [4.69, 9.17) is 0 Å². The largest absolute Gasteiger partial charge is 0.296 e. The Kier molecular flexibility index (Phi) is 2.95. The van der Waals surface area contributed by atoms with E-state index in [1.165, 1.54) is 0 Å². The number of rotatable bonds is 2. The molecule has 2 heterocycles. The van der Waals surface area contributed by atoms with Gasteiger partial charge in [0.15, 0.2) is 0 Å². The predicted octanol–water partition coefficient (Wildman–Crippen LogP) is 1.23. The molecule has 1 atom stereocenters. The van der Waals surface area contributed by atoms with Crippen LogP contribution in [0, 0.1) is 5.92 Å². The molecule has 0 radical (unpaired) electrons. The standard InChI is InChI=1S/C14H13N3O2/c18-13-6-5-9(14(19)17-13)7-10-8-15-11-3-1-2-4-12(11)16-10/h1-4,8-9H,5-7H2,(H,17,18,19). The summed E-state index contributed by atoms with van der Waals surface area (Å²) >= 11 is 0. The van der Waals surface area contributed by atoms with Crippen LogP contribution in [0.2, 0.25) is 0 Å². The number of imide groups is 1. The van der Waals surface area contributed by atoms with Gasteiger partial charge in [0.2, 0.25) is 11.8 Å². The van der Waals surface area contributed by atoms with E-state index in [2.05, 4.69) is 15.3 Å². The third-order valence-electron chi connectivity index (χ3n) is 3.31. The molecule has 96 valence electrons. The summed E-state index contributed by atoms with van der Waals surface area (Å²) in [6.45, 7) is 0. The minimum atomic E-state index is -0.203. The predicted molar refractivity (Wildman–Crippen MR) is 69.1 cm³/mol. The fraction of sp³-hybridized carbons (Fsp3) is 0.286. The molecular formula is C14H13N3O2. The second-order valence-electron chi connectivity index (χ2n) is 4.70. The van der Waals surface area contributed by atoms with Gasteiger partial charge in [0, 0.05) is 25.0 Å². The zero-order valence-corrected chi connectivity index (χ0v) is 10.3. The van der Waals surface area contributed by atoms with Crippen LogP contribution in [0.3, 0.4) is 0 Å². The van der Waals surface area contributed by atoms with Crippen LogP contribution in [0.5, 0.6) is 0 Å². The lowest BCUT2D eigenvalue weighted by Gasteiger charge is -2.20. The van der Waals surface area contributed by atoms with Crippen LogP contribution in [-0.4, -0.2) is 21.8 Å².